The van der Waals surface area contributed by atoms with Crippen molar-refractivity contribution in [1.82, 2.24) is 15.0 Å². The average Bonchev–Trinajstić information content (AvgIpc) is 3.45. The van der Waals surface area contributed by atoms with E-state index in [0.29, 0.717) is 23.3 Å². The van der Waals surface area contributed by atoms with Crippen molar-refractivity contribution in [3.05, 3.63) is 44.5 Å². The van der Waals surface area contributed by atoms with Crippen molar-refractivity contribution < 1.29 is 14.3 Å². The predicted molar refractivity (Wildman–Crippen MR) is 164 cm³/mol. The lowest BCUT2D eigenvalue weighted by atomic mass is 9.91. The fourth-order valence-electron chi connectivity index (χ4n) is 4.95. The molecule has 2 aliphatic carbocycles. The molecule has 1 aromatic carbocycles. The number of hydrogen-bond donors (Lipinski definition) is 2. The first-order valence-electron chi connectivity index (χ1n) is 13.8. The second-order valence-corrected chi connectivity index (χ2v) is 11.8. The van der Waals surface area contributed by atoms with E-state index in [1.807, 2.05) is 5.38 Å². The Morgan fingerprint density at radius 1 is 1.05 bits per heavy atom. The van der Waals surface area contributed by atoms with Crippen LogP contribution in [0, 0.1) is 0 Å². The van der Waals surface area contributed by atoms with Gasteiger partial charge in [-0.2, -0.15) is 4.98 Å². The van der Waals surface area contributed by atoms with Crippen molar-refractivity contribution in [3.63, 3.8) is 0 Å². The minimum atomic E-state index is -0.362. The molecule has 1 aliphatic heterocycles. The molecule has 2 saturated carbocycles. The Balaban J connectivity index is 0.000000777. The smallest absolute Gasteiger partial charge is 0.330 e. The summed E-state index contributed by atoms with van der Waals surface area (Å²) in [4.78, 5) is 30.7. The van der Waals surface area contributed by atoms with Crippen molar-refractivity contribution in [2.45, 2.75) is 76.5 Å². The molecule has 0 spiro atoms. The summed E-state index contributed by atoms with van der Waals surface area (Å²) in [7, 11) is 2.97. The van der Waals surface area contributed by atoms with E-state index in [1.54, 1.807) is 22.7 Å². The molecule has 41 heavy (non-hydrogen) atoms. The number of nitrogens with two attached hydrogens (primary N) is 1. The molecule has 3 heterocycles. The van der Waals surface area contributed by atoms with Gasteiger partial charge >= 0.3 is 6.03 Å². The van der Waals surface area contributed by atoms with Gasteiger partial charge in [-0.3, -0.25) is 9.80 Å². The number of nitrogens with one attached hydrogen (secondary N) is 1. The van der Waals surface area contributed by atoms with Gasteiger partial charge in [-0.05, 0) is 12.8 Å². The monoisotopic (exact) mass is 619 g/mol. The van der Waals surface area contributed by atoms with Crippen LogP contribution in [0.15, 0.2) is 23.2 Å². The third-order valence-electron chi connectivity index (χ3n) is 7.65. The minimum Gasteiger partial charge on any atom is -0.495 e. The van der Waals surface area contributed by atoms with E-state index >= 15 is 0 Å². The summed E-state index contributed by atoms with van der Waals surface area (Å²) >= 11 is 14.8. The number of benzene rings is 1. The number of methoxy groups -OCH3 is 2. The number of fused-ring (bicyclic) bond motifs is 1. The van der Waals surface area contributed by atoms with Crippen LogP contribution in [0.4, 0.5) is 22.2 Å². The summed E-state index contributed by atoms with van der Waals surface area (Å²) in [6, 6.07) is 1.33. The third kappa shape index (κ3) is 6.48. The van der Waals surface area contributed by atoms with Crippen LogP contribution < -0.4 is 30.3 Å². The molecule has 3 N–H and O–H groups in total. The largest absolute Gasteiger partial charge is 0.495 e. The highest BCUT2D eigenvalue weighted by Crippen LogP contribution is 2.48. The van der Waals surface area contributed by atoms with Crippen LogP contribution in [0.2, 0.25) is 10.0 Å². The molecule has 2 atom stereocenters. The molecule has 220 valence electrons. The number of carbonyl (C=O) groups is 1. The molecule has 3 aromatic rings. The standard InChI is InChI=1S/C24H27Cl2N7O3S.C4H8/c1-35-17-7-18(36-2)20(26)21(19(17)25)32-9-13-8-28-23(30-16-6-4-3-5-15(16)27)31-22(13)33(24(32)34)10-14-11-37-12-29-14;1-2-4-3-1/h7-8,11-12,15-16H,3-6,9-10,27H2,1-2H3,(H,28,30,31);1-4H2. The summed E-state index contributed by atoms with van der Waals surface area (Å²) < 4.78 is 10.8. The zero-order valence-corrected chi connectivity index (χ0v) is 25.6. The Bertz CT molecular complexity index is 1320. The van der Waals surface area contributed by atoms with Crippen LogP contribution in [-0.4, -0.2) is 47.3 Å². The lowest BCUT2D eigenvalue weighted by Crippen LogP contribution is -2.48. The lowest BCUT2D eigenvalue weighted by molar-refractivity contribution is 0.249. The minimum absolute atomic E-state index is 0.0314. The van der Waals surface area contributed by atoms with Crippen molar-refractivity contribution in [2.75, 3.05) is 29.3 Å². The summed E-state index contributed by atoms with van der Waals surface area (Å²) in [5.41, 5.74) is 9.78. The van der Waals surface area contributed by atoms with E-state index in [9.17, 15) is 4.79 Å². The van der Waals surface area contributed by atoms with E-state index < -0.39 is 0 Å². The number of hydrogen-bond acceptors (Lipinski definition) is 9. The van der Waals surface area contributed by atoms with Crippen molar-refractivity contribution in [3.8, 4) is 11.5 Å². The zero-order chi connectivity index (χ0) is 28.9. The number of nitrogens with zero attached hydrogens (tertiary/aromatic N) is 5. The Morgan fingerprint density at radius 2 is 1.73 bits per heavy atom. The molecule has 6 rings (SSSR count). The molecule has 2 amide bonds. The number of ether oxygens (including phenoxy) is 2. The van der Waals surface area contributed by atoms with E-state index in [0.717, 1.165) is 36.9 Å². The van der Waals surface area contributed by atoms with Crippen LogP contribution in [0.3, 0.4) is 0 Å². The van der Waals surface area contributed by atoms with Gasteiger partial charge in [0.05, 0.1) is 44.2 Å². The van der Waals surface area contributed by atoms with Gasteiger partial charge in [0.1, 0.15) is 27.4 Å². The first kappa shape index (κ1) is 29.6. The maximum Gasteiger partial charge on any atom is 0.330 e. The van der Waals surface area contributed by atoms with Crippen LogP contribution in [0.5, 0.6) is 11.5 Å². The molecule has 0 radical (unpaired) electrons. The fraction of sp³-hybridized carbons (Fsp3) is 0.500. The topological polar surface area (TPSA) is 119 Å². The van der Waals surface area contributed by atoms with Gasteiger partial charge in [0, 0.05) is 35.3 Å². The predicted octanol–water partition coefficient (Wildman–Crippen LogP) is 6.65. The highest BCUT2D eigenvalue weighted by Gasteiger charge is 2.37. The molecule has 3 aliphatic rings. The van der Waals surface area contributed by atoms with Crippen molar-refractivity contribution in [2.24, 2.45) is 5.73 Å². The fourth-order valence-corrected chi connectivity index (χ4v) is 6.20. The number of anilines is 3. The molecule has 10 nitrogen and oxygen atoms in total. The number of aromatic nitrogens is 3. The number of halogens is 2. The second kappa shape index (κ2) is 13.4. The quantitative estimate of drug-likeness (QED) is 0.302. The molecule has 13 heteroatoms. The third-order valence-corrected chi connectivity index (χ3v) is 9.01. The number of urea groups is 1. The summed E-state index contributed by atoms with van der Waals surface area (Å²) in [6.45, 7) is 0.363. The second-order valence-electron chi connectivity index (χ2n) is 10.3. The van der Waals surface area contributed by atoms with Gasteiger partial charge in [0.15, 0.2) is 0 Å². The van der Waals surface area contributed by atoms with Crippen LogP contribution in [-0.2, 0) is 13.1 Å². The molecule has 2 unspecified atom stereocenters. The average molecular weight is 621 g/mol. The van der Waals surface area contributed by atoms with E-state index in [1.165, 1.54) is 56.1 Å². The zero-order valence-electron chi connectivity index (χ0n) is 23.2. The number of amides is 2. The van der Waals surface area contributed by atoms with Gasteiger partial charge in [-0.1, -0.05) is 61.7 Å². The number of rotatable bonds is 7. The van der Waals surface area contributed by atoms with Crippen molar-refractivity contribution in [1.29, 1.82) is 0 Å². The molecule has 2 fully saturated rings. The Kier molecular flexibility index (Phi) is 9.69. The van der Waals surface area contributed by atoms with Gasteiger partial charge in [0.25, 0.3) is 0 Å². The Labute approximate surface area is 254 Å². The number of thiazole rings is 1. The SMILES string of the molecule is C1CCC1.COc1cc(OC)c(Cl)c(N2Cc3cnc(NC4CCCCC4N)nc3N(Cc3cscn3)C2=O)c1Cl. The Morgan fingerprint density at radius 3 is 2.32 bits per heavy atom. The lowest BCUT2D eigenvalue weighted by Gasteiger charge is -2.37. The van der Waals surface area contributed by atoms with E-state index in [4.69, 9.17) is 43.4 Å². The summed E-state index contributed by atoms with van der Waals surface area (Å²) in [5.74, 6) is 1.60. The van der Waals surface area contributed by atoms with Gasteiger partial charge in [0.2, 0.25) is 5.95 Å². The summed E-state index contributed by atoms with van der Waals surface area (Å²) in [5, 5.41) is 5.67. The first-order valence-corrected chi connectivity index (χ1v) is 15.5. The number of carbonyl (C=O) groups excluding carboxylic acids is 1. The van der Waals surface area contributed by atoms with Gasteiger partial charge < -0.3 is 20.5 Å². The highest BCUT2D eigenvalue weighted by molar-refractivity contribution is 7.07. The molecule has 0 bridgehead atoms. The molecule has 0 saturated heterocycles. The molecular formula is C28H35Cl2N7O3S. The summed E-state index contributed by atoms with van der Waals surface area (Å²) in [6.07, 6.45) is 11.8. The maximum absolute atomic E-state index is 14.0. The molecule has 2 aromatic heterocycles. The maximum atomic E-state index is 14.0. The van der Waals surface area contributed by atoms with Gasteiger partial charge in [-0.15, -0.1) is 11.3 Å². The van der Waals surface area contributed by atoms with Crippen LogP contribution in [0.1, 0.15) is 62.6 Å². The van der Waals surface area contributed by atoms with Gasteiger partial charge in [-0.25, -0.2) is 14.8 Å². The van der Waals surface area contributed by atoms with E-state index in [-0.39, 0.29) is 46.9 Å². The van der Waals surface area contributed by atoms with Crippen molar-refractivity contribution >= 4 is 58.0 Å². The normalized spacial score (nSPS) is 20.0. The first-order chi connectivity index (χ1) is 19.9. The highest BCUT2D eigenvalue weighted by atomic mass is 35.5. The van der Waals surface area contributed by atoms with Crippen LogP contribution in [0.25, 0.3) is 0 Å². The Hall–Kier alpha value is -2.86. The molecular weight excluding hydrogens is 585 g/mol. The van der Waals surface area contributed by atoms with E-state index in [2.05, 4.69) is 15.3 Å². The van der Waals surface area contributed by atoms with Crippen LogP contribution >= 0.6 is 34.5 Å².